The van der Waals surface area contributed by atoms with Crippen molar-refractivity contribution in [3.8, 4) is 0 Å². The second-order valence-corrected chi connectivity index (χ2v) is 2.34. The van der Waals surface area contributed by atoms with Crippen LogP contribution in [0.4, 0.5) is 0 Å². The summed E-state index contributed by atoms with van der Waals surface area (Å²) < 4.78 is 4.49. The number of aliphatic hydroxyl groups excluding tert-OH is 1. The van der Waals surface area contributed by atoms with E-state index in [9.17, 15) is 9.59 Å². The standard InChI is InChI=1S/C6H8N2O5/c7-4(6(11)12)3-2(1-9)13-8-5(3)10/h4,9H,1,7H2,(H,8,10)(H,11,12)/t4-/m0/s1. The van der Waals surface area contributed by atoms with Crippen LogP contribution in [0.25, 0.3) is 0 Å². The number of aliphatic hydroxyl groups is 1. The largest absolute Gasteiger partial charge is 0.480 e. The lowest BCUT2D eigenvalue weighted by Gasteiger charge is -2.01. The number of hydrogen-bond acceptors (Lipinski definition) is 5. The second-order valence-electron chi connectivity index (χ2n) is 2.34. The fourth-order valence-corrected chi connectivity index (χ4v) is 0.900. The predicted molar refractivity (Wildman–Crippen MR) is 39.8 cm³/mol. The van der Waals surface area contributed by atoms with Crippen molar-refractivity contribution >= 4 is 5.97 Å². The molecule has 1 rings (SSSR count). The van der Waals surface area contributed by atoms with Gasteiger partial charge in [-0.15, -0.1) is 0 Å². The molecule has 0 aromatic carbocycles. The summed E-state index contributed by atoms with van der Waals surface area (Å²) in [5.74, 6) is -1.51. The smallest absolute Gasteiger partial charge is 0.325 e. The first kappa shape index (κ1) is 9.49. The van der Waals surface area contributed by atoms with E-state index in [2.05, 4.69) is 4.52 Å². The van der Waals surface area contributed by atoms with Crippen LogP contribution in [0, 0.1) is 0 Å². The summed E-state index contributed by atoms with van der Waals surface area (Å²) in [5, 5.41) is 19.0. The van der Waals surface area contributed by atoms with Crippen molar-refractivity contribution in [1.29, 1.82) is 0 Å². The van der Waals surface area contributed by atoms with Gasteiger partial charge in [-0.05, 0) is 0 Å². The fraction of sp³-hybridized carbons (Fsp3) is 0.333. The number of aliphatic carboxylic acids is 1. The van der Waals surface area contributed by atoms with Gasteiger partial charge in [-0.3, -0.25) is 9.59 Å². The zero-order valence-electron chi connectivity index (χ0n) is 6.48. The van der Waals surface area contributed by atoms with Crippen LogP contribution in [-0.2, 0) is 11.4 Å². The van der Waals surface area contributed by atoms with Gasteiger partial charge in [0.15, 0.2) is 5.76 Å². The zero-order chi connectivity index (χ0) is 10.0. The molecule has 13 heavy (non-hydrogen) atoms. The van der Waals surface area contributed by atoms with Gasteiger partial charge in [-0.2, -0.15) is 5.16 Å². The van der Waals surface area contributed by atoms with E-state index in [1.54, 1.807) is 0 Å². The van der Waals surface area contributed by atoms with Crippen LogP contribution in [0.2, 0.25) is 0 Å². The van der Waals surface area contributed by atoms with Crippen LogP contribution in [0.15, 0.2) is 9.32 Å². The van der Waals surface area contributed by atoms with Gasteiger partial charge in [0.05, 0.1) is 5.56 Å². The molecular weight excluding hydrogens is 180 g/mol. The Balaban J connectivity index is 3.18. The number of hydrogen-bond donors (Lipinski definition) is 4. The molecule has 1 aromatic heterocycles. The molecule has 7 heteroatoms. The molecule has 0 saturated heterocycles. The molecule has 1 atom stereocenters. The fourth-order valence-electron chi connectivity index (χ4n) is 0.900. The molecule has 0 aliphatic heterocycles. The van der Waals surface area contributed by atoms with Gasteiger partial charge in [0.25, 0.3) is 5.56 Å². The molecule has 72 valence electrons. The maximum absolute atomic E-state index is 10.9. The summed E-state index contributed by atoms with van der Waals surface area (Å²) in [6.07, 6.45) is 0. The number of aromatic nitrogens is 1. The number of rotatable bonds is 3. The van der Waals surface area contributed by atoms with Crippen molar-refractivity contribution in [3.05, 3.63) is 21.7 Å². The summed E-state index contributed by atoms with van der Waals surface area (Å²) in [5.41, 5.74) is 4.18. The molecule has 0 saturated carbocycles. The molecule has 1 heterocycles. The minimum absolute atomic E-state index is 0.153. The van der Waals surface area contributed by atoms with Gasteiger partial charge in [-0.25, -0.2) is 0 Å². The lowest BCUT2D eigenvalue weighted by molar-refractivity contribution is -0.138. The summed E-state index contributed by atoms with van der Waals surface area (Å²) in [6.45, 7) is -0.574. The molecule has 0 unspecified atom stereocenters. The van der Waals surface area contributed by atoms with Crippen LogP contribution in [0.5, 0.6) is 0 Å². The Morgan fingerprint density at radius 3 is 2.77 bits per heavy atom. The Morgan fingerprint density at radius 2 is 2.31 bits per heavy atom. The van der Waals surface area contributed by atoms with Crippen molar-refractivity contribution in [1.82, 2.24) is 5.16 Å². The summed E-state index contributed by atoms with van der Waals surface area (Å²) in [7, 11) is 0. The Morgan fingerprint density at radius 1 is 1.69 bits per heavy atom. The SMILES string of the molecule is N[C@H](C(=O)O)c1c(CO)o[nH]c1=O. The normalized spacial score (nSPS) is 12.8. The van der Waals surface area contributed by atoms with Crippen LogP contribution in [-0.4, -0.2) is 21.3 Å². The molecule has 0 amide bonds. The Kier molecular flexibility index (Phi) is 2.49. The topological polar surface area (TPSA) is 130 Å². The van der Waals surface area contributed by atoms with Crippen LogP contribution in [0.1, 0.15) is 17.4 Å². The van der Waals surface area contributed by atoms with Crippen LogP contribution < -0.4 is 11.3 Å². The average molecular weight is 188 g/mol. The molecule has 0 aliphatic carbocycles. The highest BCUT2D eigenvalue weighted by Gasteiger charge is 2.24. The molecule has 0 spiro atoms. The van der Waals surface area contributed by atoms with Gasteiger partial charge in [0.2, 0.25) is 0 Å². The monoisotopic (exact) mass is 188 g/mol. The van der Waals surface area contributed by atoms with Crippen molar-refractivity contribution in [3.63, 3.8) is 0 Å². The third-order valence-corrected chi connectivity index (χ3v) is 1.53. The van der Waals surface area contributed by atoms with E-state index < -0.39 is 24.2 Å². The maximum atomic E-state index is 10.9. The highest BCUT2D eigenvalue weighted by molar-refractivity contribution is 5.75. The first-order valence-corrected chi connectivity index (χ1v) is 3.37. The van der Waals surface area contributed by atoms with E-state index in [4.69, 9.17) is 15.9 Å². The lowest BCUT2D eigenvalue weighted by atomic mass is 10.1. The predicted octanol–water partition coefficient (Wildman–Crippen LogP) is -1.46. The summed E-state index contributed by atoms with van der Waals surface area (Å²) in [4.78, 5) is 21.4. The number of carboxylic acid groups (broad SMARTS) is 1. The highest BCUT2D eigenvalue weighted by Crippen LogP contribution is 2.11. The first-order valence-electron chi connectivity index (χ1n) is 3.37. The zero-order valence-corrected chi connectivity index (χ0v) is 6.48. The lowest BCUT2D eigenvalue weighted by Crippen LogP contribution is -2.26. The number of carboxylic acids is 1. The van der Waals surface area contributed by atoms with Crippen molar-refractivity contribution in [2.24, 2.45) is 5.73 Å². The maximum Gasteiger partial charge on any atom is 0.325 e. The third kappa shape index (κ3) is 1.60. The quantitative estimate of drug-likeness (QED) is 0.459. The van der Waals surface area contributed by atoms with Crippen molar-refractivity contribution in [2.45, 2.75) is 12.6 Å². The van der Waals surface area contributed by atoms with E-state index in [1.807, 2.05) is 5.16 Å². The number of H-pyrrole nitrogens is 1. The molecule has 1 aromatic rings. The highest BCUT2D eigenvalue weighted by atomic mass is 16.5. The van der Waals surface area contributed by atoms with Crippen molar-refractivity contribution < 1.29 is 19.5 Å². The van der Waals surface area contributed by atoms with Gasteiger partial charge in [-0.1, -0.05) is 0 Å². The number of nitrogens with one attached hydrogen (secondary N) is 1. The van der Waals surface area contributed by atoms with Crippen LogP contribution >= 0.6 is 0 Å². The Hall–Kier alpha value is -1.60. The Bertz CT molecular complexity index is 365. The number of aromatic amines is 1. The molecule has 0 aliphatic rings. The molecule has 5 N–H and O–H groups in total. The van der Waals surface area contributed by atoms with Gasteiger partial charge in [0, 0.05) is 0 Å². The van der Waals surface area contributed by atoms with E-state index in [0.717, 1.165) is 0 Å². The van der Waals surface area contributed by atoms with E-state index >= 15 is 0 Å². The summed E-state index contributed by atoms with van der Waals surface area (Å²) >= 11 is 0. The second kappa shape index (κ2) is 3.42. The van der Waals surface area contributed by atoms with Crippen LogP contribution in [0.3, 0.4) is 0 Å². The molecule has 0 fully saturated rings. The Labute approximate surface area is 71.7 Å². The molecule has 7 nitrogen and oxygen atoms in total. The number of carbonyl (C=O) groups is 1. The minimum Gasteiger partial charge on any atom is -0.480 e. The molecule has 0 radical (unpaired) electrons. The first-order chi connectivity index (χ1) is 6.07. The summed E-state index contributed by atoms with van der Waals surface area (Å²) in [6, 6.07) is -1.48. The van der Waals surface area contributed by atoms with Gasteiger partial charge < -0.3 is 20.5 Å². The van der Waals surface area contributed by atoms with Gasteiger partial charge >= 0.3 is 5.97 Å². The van der Waals surface area contributed by atoms with Gasteiger partial charge in [0.1, 0.15) is 12.6 Å². The third-order valence-electron chi connectivity index (χ3n) is 1.53. The van der Waals surface area contributed by atoms with E-state index in [-0.39, 0.29) is 11.3 Å². The van der Waals surface area contributed by atoms with Crippen molar-refractivity contribution in [2.75, 3.05) is 0 Å². The molecule has 0 bridgehead atoms. The number of nitrogens with two attached hydrogens (primary N) is 1. The van der Waals surface area contributed by atoms with E-state index in [0.29, 0.717) is 0 Å². The van der Waals surface area contributed by atoms with E-state index in [1.165, 1.54) is 0 Å². The average Bonchev–Trinajstić information content (AvgIpc) is 2.45. The molecular formula is C6H8N2O5. The minimum atomic E-state index is -1.48.